The molecule has 0 fully saturated rings. The molecule has 2 aromatic rings. The lowest BCUT2D eigenvalue weighted by molar-refractivity contribution is -0.384. The van der Waals surface area contributed by atoms with Crippen molar-refractivity contribution in [2.24, 2.45) is 0 Å². The second-order valence-corrected chi connectivity index (χ2v) is 7.53. The highest BCUT2D eigenvalue weighted by Crippen LogP contribution is 2.17. The van der Waals surface area contributed by atoms with Crippen LogP contribution in [0.2, 0.25) is 0 Å². The van der Waals surface area contributed by atoms with E-state index in [1.165, 1.54) is 0 Å². The monoisotopic (exact) mass is 377 g/mol. The Morgan fingerprint density at radius 1 is 1.12 bits per heavy atom. The molecule has 1 amide bonds. The van der Waals surface area contributed by atoms with Crippen molar-refractivity contribution < 1.29 is 18.1 Å². The van der Waals surface area contributed by atoms with Crippen LogP contribution in [0.4, 0.5) is 11.4 Å². The van der Waals surface area contributed by atoms with Crippen LogP contribution in [0.1, 0.15) is 17.5 Å². The zero-order valence-electron chi connectivity index (χ0n) is 14.4. The number of anilines is 1. The Bertz CT molecular complexity index is 924. The van der Waals surface area contributed by atoms with Crippen molar-refractivity contribution >= 4 is 27.3 Å². The van der Waals surface area contributed by atoms with Gasteiger partial charge in [0.25, 0.3) is 5.69 Å². The molecule has 0 aliphatic carbocycles. The number of hydrogen-bond acceptors (Lipinski definition) is 5. The Hall–Kier alpha value is -2.78. The summed E-state index contributed by atoms with van der Waals surface area (Å²) in [7, 11) is -3.84. The standard InChI is InChI=1S/C17H19N3O5S/c1-12-3-8-16(13(2)11-12)19-17(21)9-10-18-26(24,25)15-6-4-14(5-7-15)20(22)23/h3-8,11,18H,9-10H2,1-2H3,(H,19,21). The minimum atomic E-state index is -3.84. The molecule has 0 atom stereocenters. The summed E-state index contributed by atoms with van der Waals surface area (Å²) < 4.78 is 26.6. The quantitative estimate of drug-likeness (QED) is 0.568. The molecule has 0 saturated heterocycles. The van der Waals surface area contributed by atoms with Gasteiger partial charge in [0.05, 0.1) is 9.82 Å². The van der Waals surface area contributed by atoms with E-state index in [1.54, 1.807) is 6.07 Å². The summed E-state index contributed by atoms with van der Waals surface area (Å²) in [5.41, 5.74) is 2.48. The van der Waals surface area contributed by atoms with Gasteiger partial charge in [-0.1, -0.05) is 17.7 Å². The Balaban J connectivity index is 1.91. The van der Waals surface area contributed by atoms with E-state index in [1.807, 2.05) is 26.0 Å². The van der Waals surface area contributed by atoms with Gasteiger partial charge < -0.3 is 5.32 Å². The van der Waals surface area contributed by atoms with Gasteiger partial charge in [0, 0.05) is 30.8 Å². The van der Waals surface area contributed by atoms with Gasteiger partial charge in [-0.3, -0.25) is 14.9 Å². The molecule has 0 unspecified atom stereocenters. The Kier molecular flexibility index (Phi) is 6.06. The van der Waals surface area contributed by atoms with Crippen molar-refractivity contribution in [2.75, 3.05) is 11.9 Å². The lowest BCUT2D eigenvalue weighted by atomic mass is 10.1. The number of nitro groups is 1. The number of benzene rings is 2. The highest BCUT2D eigenvalue weighted by molar-refractivity contribution is 7.89. The topological polar surface area (TPSA) is 118 Å². The summed E-state index contributed by atoms with van der Waals surface area (Å²) >= 11 is 0. The van der Waals surface area contributed by atoms with Crippen molar-refractivity contribution in [3.05, 3.63) is 63.7 Å². The molecule has 2 aromatic carbocycles. The number of sulfonamides is 1. The number of nitrogens with zero attached hydrogens (tertiary/aromatic N) is 1. The summed E-state index contributed by atoms with van der Waals surface area (Å²) in [6, 6.07) is 10.1. The number of amides is 1. The van der Waals surface area contributed by atoms with Crippen molar-refractivity contribution in [3.8, 4) is 0 Å². The van der Waals surface area contributed by atoms with E-state index in [0.29, 0.717) is 5.69 Å². The number of aryl methyl sites for hydroxylation is 2. The van der Waals surface area contributed by atoms with E-state index in [-0.39, 0.29) is 29.5 Å². The minimum absolute atomic E-state index is 0.0421. The maximum atomic E-state index is 12.1. The van der Waals surface area contributed by atoms with Gasteiger partial charge in [-0.15, -0.1) is 0 Å². The number of nitro benzene ring substituents is 1. The third kappa shape index (κ3) is 5.11. The molecule has 138 valence electrons. The largest absolute Gasteiger partial charge is 0.326 e. The van der Waals surface area contributed by atoms with Gasteiger partial charge in [0.2, 0.25) is 15.9 Å². The maximum Gasteiger partial charge on any atom is 0.269 e. The molecular formula is C17H19N3O5S. The molecule has 0 saturated carbocycles. The molecule has 0 bridgehead atoms. The smallest absolute Gasteiger partial charge is 0.269 e. The number of hydrogen-bond donors (Lipinski definition) is 2. The van der Waals surface area contributed by atoms with Crippen LogP contribution in [-0.4, -0.2) is 25.8 Å². The van der Waals surface area contributed by atoms with E-state index < -0.39 is 14.9 Å². The Labute approximate surface area is 151 Å². The van der Waals surface area contributed by atoms with Gasteiger partial charge in [0.15, 0.2) is 0 Å². The summed E-state index contributed by atoms with van der Waals surface area (Å²) in [6.07, 6.45) is -0.0421. The molecular weight excluding hydrogens is 358 g/mol. The summed E-state index contributed by atoms with van der Waals surface area (Å²) in [6.45, 7) is 3.74. The highest BCUT2D eigenvalue weighted by atomic mass is 32.2. The predicted octanol–water partition coefficient (Wildman–Crippen LogP) is 2.52. The zero-order chi connectivity index (χ0) is 19.3. The predicted molar refractivity (Wildman–Crippen MR) is 97.4 cm³/mol. The van der Waals surface area contributed by atoms with Crippen LogP contribution in [0.5, 0.6) is 0 Å². The number of carbonyl (C=O) groups is 1. The Morgan fingerprint density at radius 2 is 1.77 bits per heavy atom. The second kappa shape index (κ2) is 8.07. The van der Waals surface area contributed by atoms with Crippen LogP contribution >= 0.6 is 0 Å². The second-order valence-electron chi connectivity index (χ2n) is 5.77. The first-order chi connectivity index (χ1) is 12.2. The first kappa shape index (κ1) is 19.5. The molecule has 0 radical (unpaired) electrons. The van der Waals surface area contributed by atoms with Gasteiger partial charge in [-0.2, -0.15) is 0 Å². The average Bonchev–Trinajstić information content (AvgIpc) is 2.57. The molecule has 8 nitrogen and oxygen atoms in total. The molecule has 9 heteroatoms. The fraction of sp³-hybridized carbons (Fsp3) is 0.235. The first-order valence-electron chi connectivity index (χ1n) is 7.80. The van der Waals surface area contributed by atoms with Crippen molar-refractivity contribution in [1.29, 1.82) is 0 Å². The average molecular weight is 377 g/mol. The normalized spacial score (nSPS) is 11.2. The van der Waals surface area contributed by atoms with Crippen LogP contribution in [0.15, 0.2) is 47.4 Å². The van der Waals surface area contributed by atoms with Crippen LogP contribution in [0, 0.1) is 24.0 Å². The van der Waals surface area contributed by atoms with E-state index in [9.17, 15) is 23.3 Å². The molecule has 2 rings (SSSR count). The van der Waals surface area contributed by atoms with E-state index in [4.69, 9.17) is 0 Å². The molecule has 0 heterocycles. The molecule has 26 heavy (non-hydrogen) atoms. The van der Waals surface area contributed by atoms with E-state index in [2.05, 4.69) is 10.0 Å². The number of rotatable bonds is 7. The van der Waals surface area contributed by atoms with Crippen molar-refractivity contribution in [2.45, 2.75) is 25.2 Å². The van der Waals surface area contributed by atoms with Crippen LogP contribution < -0.4 is 10.0 Å². The van der Waals surface area contributed by atoms with Gasteiger partial charge in [0.1, 0.15) is 0 Å². The van der Waals surface area contributed by atoms with Crippen LogP contribution in [-0.2, 0) is 14.8 Å². The minimum Gasteiger partial charge on any atom is -0.326 e. The van der Waals surface area contributed by atoms with Gasteiger partial charge >= 0.3 is 0 Å². The third-order valence-corrected chi connectivity index (χ3v) is 5.13. The number of nitrogens with one attached hydrogen (secondary N) is 2. The third-order valence-electron chi connectivity index (χ3n) is 3.66. The summed E-state index contributed by atoms with van der Waals surface area (Å²) in [4.78, 5) is 21.9. The Morgan fingerprint density at radius 3 is 2.35 bits per heavy atom. The van der Waals surface area contributed by atoms with Crippen LogP contribution in [0.3, 0.4) is 0 Å². The van der Waals surface area contributed by atoms with Crippen molar-refractivity contribution in [1.82, 2.24) is 4.72 Å². The molecule has 0 aliphatic rings. The lowest BCUT2D eigenvalue weighted by Crippen LogP contribution is -2.28. The SMILES string of the molecule is Cc1ccc(NC(=O)CCNS(=O)(=O)c2ccc([N+](=O)[O-])cc2)c(C)c1. The van der Waals surface area contributed by atoms with Gasteiger partial charge in [-0.05, 0) is 37.6 Å². The molecule has 0 aromatic heterocycles. The van der Waals surface area contributed by atoms with Crippen LogP contribution in [0.25, 0.3) is 0 Å². The zero-order valence-corrected chi connectivity index (χ0v) is 15.2. The fourth-order valence-electron chi connectivity index (χ4n) is 2.30. The van der Waals surface area contributed by atoms with Crippen molar-refractivity contribution in [3.63, 3.8) is 0 Å². The maximum absolute atomic E-state index is 12.1. The number of non-ortho nitro benzene ring substituents is 1. The van der Waals surface area contributed by atoms with Gasteiger partial charge in [-0.25, -0.2) is 13.1 Å². The fourth-order valence-corrected chi connectivity index (χ4v) is 3.33. The molecule has 0 aliphatic heterocycles. The highest BCUT2D eigenvalue weighted by Gasteiger charge is 2.16. The van der Waals surface area contributed by atoms with E-state index >= 15 is 0 Å². The van der Waals surface area contributed by atoms with E-state index in [0.717, 1.165) is 35.4 Å². The summed E-state index contributed by atoms with van der Waals surface area (Å²) in [5.74, 6) is -0.316. The first-order valence-corrected chi connectivity index (χ1v) is 9.28. The summed E-state index contributed by atoms with van der Waals surface area (Å²) in [5, 5.41) is 13.3. The number of carbonyl (C=O) groups excluding carboxylic acids is 1. The molecule has 2 N–H and O–H groups in total. The lowest BCUT2D eigenvalue weighted by Gasteiger charge is -2.10. The molecule has 0 spiro atoms.